The summed E-state index contributed by atoms with van der Waals surface area (Å²) in [6, 6.07) is 17.1. The lowest BCUT2D eigenvalue weighted by molar-refractivity contribution is 0.647. The molecule has 2 heteroatoms. The third kappa shape index (κ3) is 4.39. The maximum absolute atomic E-state index is 5.66. The van der Waals surface area contributed by atoms with Gasteiger partial charge in [0.05, 0.1) is 0 Å². The zero-order valence-electron chi connectivity index (χ0n) is 12.4. The molecule has 0 bridgehead atoms. The molecule has 2 aromatic rings. The fourth-order valence-corrected chi connectivity index (χ4v) is 2.30. The number of nitrogens with two attached hydrogens (primary N) is 1. The van der Waals surface area contributed by atoms with Gasteiger partial charge in [0.15, 0.2) is 0 Å². The summed E-state index contributed by atoms with van der Waals surface area (Å²) in [5, 5.41) is 3.45. The molecule has 2 nitrogen and oxygen atoms in total. The van der Waals surface area contributed by atoms with Crippen molar-refractivity contribution < 1.29 is 0 Å². The van der Waals surface area contributed by atoms with E-state index in [9.17, 15) is 0 Å². The first-order valence-corrected chi connectivity index (χ1v) is 7.28. The van der Waals surface area contributed by atoms with E-state index in [1.54, 1.807) is 0 Å². The van der Waals surface area contributed by atoms with Gasteiger partial charge in [-0.3, -0.25) is 0 Å². The Balaban J connectivity index is 1.93. The summed E-state index contributed by atoms with van der Waals surface area (Å²) in [4.78, 5) is 0. The van der Waals surface area contributed by atoms with Crippen molar-refractivity contribution in [2.24, 2.45) is 11.7 Å². The van der Waals surface area contributed by atoms with Gasteiger partial charge in [0.25, 0.3) is 0 Å². The van der Waals surface area contributed by atoms with Crippen LogP contribution in [-0.4, -0.2) is 0 Å². The van der Waals surface area contributed by atoms with Crippen LogP contribution in [-0.2, 0) is 19.5 Å². The fraction of sp³-hybridized carbons (Fsp3) is 0.333. The summed E-state index contributed by atoms with van der Waals surface area (Å²) in [5.41, 5.74) is 10.7. The monoisotopic (exact) mass is 268 g/mol. The minimum Gasteiger partial charge on any atom is -0.381 e. The Hall–Kier alpha value is -1.80. The number of hydrogen-bond acceptors (Lipinski definition) is 2. The first-order valence-electron chi connectivity index (χ1n) is 7.28. The molecule has 2 aromatic carbocycles. The van der Waals surface area contributed by atoms with Crippen LogP contribution in [0.2, 0.25) is 0 Å². The highest BCUT2D eigenvalue weighted by Gasteiger charge is 1.99. The largest absolute Gasteiger partial charge is 0.381 e. The Morgan fingerprint density at radius 2 is 1.65 bits per heavy atom. The SMILES string of the molecule is CC(C)Cc1ccc(NCc2cccc(CN)c2)cc1. The summed E-state index contributed by atoms with van der Waals surface area (Å²) in [6.07, 6.45) is 1.14. The van der Waals surface area contributed by atoms with Gasteiger partial charge in [-0.1, -0.05) is 50.2 Å². The first kappa shape index (κ1) is 14.6. The molecule has 3 N–H and O–H groups in total. The number of hydrogen-bond donors (Lipinski definition) is 2. The number of anilines is 1. The van der Waals surface area contributed by atoms with Crippen LogP contribution >= 0.6 is 0 Å². The lowest BCUT2D eigenvalue weighted by Gasteiger charge is -2.09. The van der Waals surface area contributed by atoms with E-state index in [-0.39, 0.29) is 0 Å². The van der Waals surface area contributed by atoms with E-state index in [1.807, 2.05) is 0 Å². The normalized spacial score (nSPS) is 10.8. The van der Waals surface area contributed by atoms with Crippen molar-refractivity contribution in [3.63, 3.8) is 0 Å². The van der Waals surface area contributed by atoms with Crippen LogP contribution in [0.1, 0.15) is 30.5 Å². The summed E-state index contributed by atoms with van der Waals surface area (Å²) < 4.78 is 0. The molecule has 0 unspecified atom stereocenters. The maximum atomic E-state index is 5.66. The van der Waals surface area contributed by atoms with Crippen molar-refractivity contribution >= 4 is 5.69 Å². The second-order valence-corrected chi connectivity index (χ2v) is 5.67. The van der Waals surface area contributed by atoms with Crippen molar-refractivity contribution in [3.05, 3.63) is 65.2 Å². The van der Waals surface area contributed by atoms with E-state index in [2.05, 4.69) is 67.7 Å². The van der Waals surface area contributed by atoms with Crippen LogP contribution in [0, 0.1) is 5.92 Å². The van der Waals surface area contributed by atoms with Crippen molar-refractivity contribution in [2.45, 2.75) is 33.4 Å². The van der Waals surface area contributed by atoms with Crippen LogP contribution in [0.4, 0.5) is 5.69 Å². The Bertz CT molecular complexity index is 529. The molecular weight excluding hydrogens is 244 g/mol. The topological polar surface area (TPSA) is 38.0 Å². The number of nitrogens with one attached hydrogen (secondary N) is 1. The molecule has 0 atom stereocenters. The van der Waals surface area contributed by atoms with Gasteiger partial charge in [0, 0.05) is 18.8 Å². The summed E-state index contributed by atoms with van der Waals surface area (Å²) in [7, 11) is 0. The van der Waals surface area contributed by atoms with Gasteiger partial charge in [-0.25, -0.2) is 0 Å². The van der Waals surface area contributed by atoms with E-state index in [0.717, 1.165) is 18.7 Å². The first-order chi connectivity index (χ1) is 9.67. The number of rotatable bonds is 6. The molecule has 0 amide bonds. The molecule has 0 aliphatic carbocycles. The van der Waals surface area contributed by atoms with Crippen molar-refractivity contribution in [1.82, 2.24) is 0 Å². The van der Waals surface area contributed by atoms with Gasteiger partial charge in [-0.05, 0) is 41.2 Å². The average Bonchev–Trinajstić information content (AvgIpc) is 2.46. The van der Waals surface area contributed by atoms with Crippen LogP contribution in [0.25, 0.3) is 0 Å². The smallest absolute Gasteiger partial charge is 0.0400 e. The maximum Gasteiger partial charge on any atom is 0.0400 e. The third-order valence-electron chi connectivity index (χ3n) is 3.32. The summed E-state index contributed by atoms with van der Waals surface area (Å²) >= 11 is 0. The van der Waals surface area contributed by atoms with Gasteiger partial charge in [0.2, 0.25) is 0 Å². The Kier molecular flexibility index (Phi) is 5.19. The van der Waals surface area contributed by atoms with E-state index in [4.69, 9.17) is 5.73 Å². The predicted octanol–water partition coefficient (Wildman–Crippen LogP) is 3.96. The summed E-state index contributed by atoms with van der Waals surface area (Å²) in [6.45, 7) is 5.92. The van der Waals surface area contributed by atoms with Crippen LogP contribution in [0.5, 0.6) is 0 Å². The molecular formula is C18H24N2. The molecule has 20 heavy (non-hydrogen) atoms. The molecule has 106 valence electrons. The molecule has 0 radical (unpaired) electrons. The lowest BCUT2D eigenvalue weighted by Crippen LogP contribution is -2.02. The molecule has 2 rings (SSSR count). The van der Waals surface area contributed by atoms with Gasteiger partial charge < -0.3 is 11.1 Å². The van der Waals surface area contributed by atoms with Crippen LogP contribution in [0.3, 0.4) is 0 Å². The van der Waals surface area contributed by atoms with Crippen LogP contribution < -0.4 is 11.1 Å². The highest BCUT2D eigenvalue weighted by atomic mass is 14.9. The van der Waals surface area contributed by atoms with Crippen molar-refractivity contribution in [2.75, 3.05) is 5.32 Å². The van der Waals surface area contributed by atoms with Gasteiger partial charge in [0.1, 0.15) is 0 Å². The molecule has 0 saturated heterocycles. The lowest BCUT2D eigenvalue weighted by atomic mass is 10.0. The average molecular weight is 268 g/mol. The molecule has 0 aliphatic heterocycles. The van der Waals surface area contributed by atoms with E-state index < -0.39 is 0 Å². The second-order valence-electron chi connectivity index (χ2n) is 5.67. The quantitative estimate of drug-likeness (QED) is 0.832. The zero-order chi connectivity index (χ0) is 14.4. The van der Waals surface area contributed by atoms with Crippen molar-refractivity contribution in [3.8, 4) is 0 Å². The van der Waals surface area contributed by atoms with Gasteiger partial charge >= 0.3 is 0 Å². The summed E-state index contributed by atoms with van der Waals surface area (Å²) in [5.74, 6) is 0.702. The molecule has 0 fully saturated rings. The van der Waals surface area contributed by atoms with E-state index in [0.29, 0.717) is 12.5 Å². The highest BCUT2D eigenvalue weighted by Crippen LogP contribution is 2.14. The fourth-order valence-electron chi connectivity index (χ4n) is 2.30. The van der Waals surface area contributed by atoms with Gasteiger partial charge in [-0.2, -0.15) is 0 Å². The van der Waals surface area contributed by atoms with E-state index >= 15 is 0 Å². The molecule has 0 aromatic heterocycles. The minimum atomic E-state index is 0.595. The Morgan fingerprint density at radius 1 is 0.950 bits per heavy atom. The standard InChI is InChI=1S/C18H24N2/c1-14(2)10-15-6-8-18(9-7-15)20-13-17-5-3-4-16(11-17)12-19/h3-9,11,14,20H,10,12-13,19H2,1-2H3. The zero-order valence-corrected chi connectivity index (χ0v) is 12.4. The third-order valence-corrected chi connectivity index (χ3v) is 3.32. The van der Waals surface area contributed by atoms with Crippen LogP contribution in [0.15, 0.2) is 48.5 Å². The predicted molar refractivity (Wildman–Crippen MR) is 86.6 cm³/mol. The minimum absolute atomic E-state index is 0.595. The van der Waals surface area contributed by atoms with Gasteiger partial charge in [-0.15, -0.1) is 0 Å². The number of benzene rings is 2. The second kappa shape index (κ2) is 7.11. The molecule has 0 spiro atoms. The van der Waals surface area contributed by atoms with Crippen molar-refractivity contribution in [1.29, 1.82) is 0 Å². The highest BCUT2D eigenvalue weighted by molar-refractivity contribution is 5.45. The molecule has 0 aliphatic rings. The van der Waals surface area contributed by atoms with E-state index in [1.165, 1.54) is 16.7 Å². The Labute approximate surface area is 122 Å². The Morgan fingerprint density at radius 3 is 2.30 bits per heavy atom. The molecule has 0 saturated carbocycles. The molecule has 0 heterocycles.